The van der Waals surface area contributed by atoms with Gasteiger partial charge >= 0.3 is 5.97 Å². The van der Waals surface area contributed by atoms with Crippen molar-refractivity contribution in [1.82, 2.24) is 4.98 Å². The van der Waals surface area contributed by atoms with Gasteiger partial charge in [-0.25, -0.2) is 4.98 Å². The van der Waals surface area contributed by atoms with Gasteiger partial charge in [-0.1, -0.05) is 37.6 Å². The summed E-state index contributed by atoms with van der Waals surface area (Å²) in [5, 5.41) is 0.569. The number of aromatic nitrogens is 1. The topological polar surface area (TPSA) is 69.4 Å². The number of esters is 1. The van der Waals surface area contributed by atoms with Crippen molar-refractivity contribution in [2.45, 2.75) is 39.5 Å². The fourth-order valence-corrected chi connectivity index (χ4v) is 3.21. The summed E-state index contributed by atoms with van der Waals surface area (Å²) in [6.07, 6.45) is 0.757. The zero-order valence-corrected chi connectivity index (χ0v) is 17.3. The van der Waals surface area contributed by atoms with Gasteiger partial charge in [0, 0.05) is 31.2 Å². The predicted molar refractivity (Wildman–Crippen MR) is 111 cm³/mol. The highest BCUT2D eigenvalue weighted by atomic mass is 35.5. The van der Waals surface area contributed by atoms with E-state index < -0.39 is 5.97 Å². The number of carbonyl (C=O) groups excluding carboxylic acids is 2. The van der Waals surface area contributed by atoms with E-state index in [1.54, 1.807) is 30.3 Å². The Morgan fingerprint density at radius 2 is 1.79 bits per heavy atom. The molecular formula is C23H22ClNO4. The van der Waals surface area contributed by atoms with E-state index in [2.05, 4.69) is 4.98 Å². The largest absolute Gasteiger partial charge is 0.441 e. The average molecular weight is 412 g/mol. The number of halogens is 1. The van der Waals surface area contributed by atoms with E-state index >= 15 is 0 Å². The molecule has 0 fully saturated rings. The number of nitrogens with zero attached hydrogens (tertiary/aromatic N) is 1. The second kappa shape index (κ2) is 9.05. The molecule has 3 aromatic rings. The molecule has 0 spiro atoms. The number of Topliss-reactive ketones (excluding diaryl/α,β-unsaturated/α-hetero) is 1. The van der Waals surface area contributed by atoms with Gasteiger partial charge in [-0.15, -0.1) is 0 Å². The molecule has 0 amide bonds. The zero-order chi connectivity index (χ0) is 21.0. The number of aryl methyl sites for hydroxylation is 1. The van der Waals surface area contributed by atoms with Crippen LogP contribution in [0.1, 0.15) is 54.9 Å². The van der Waals surface area contributed by atoms with Crippen LogP contribution in [0.3, 0.4) is 0 Å². The number of rotatable bonds is 7. The highest BCUT2D eigenvalue weighted by molar-refractivity contribution is 6.33. The molecule has 0 aliphatic heterocycles. The number of ketones is 1. The summed E-state index contributed by atoms with van der Waals surface area (Å²) in [7, 11) is 0. The van der Waals surface area contributed by atoms with Crippen LogP contribution in [0.4, 0.5) is 0 Å². The predicted octanol–water partition coefficient (Wildman–Crippen LogP) is 5.86. The van der Waals surface area contributed by atoms with Crippen molar-refractivity contribution in [3.05, 3.63) is 70.6 Å². The molecule has 6 heteroatoms. The molecule has 0 N–H and O–H groups in total. The Hall–Kier alpha value is -2.92. The van der Waals surface area contributed by atoms with E-state index in [1.165, 1.54) is 6.92 Å². The molecule has 0 bridgehead atoms. The van der Waals surface area contributed by atoms with Crippen LogP contribution < -0.4 is 4.74 Å². The van der Waals surface area contributed by atoms with Crippen LogP contribution in [0, 0.1) is 0 Å². The van der Waals surface area contributed by atoms with Crippen molar-refractivity contribution in [2.75, 3.05) is 0 Å². The lowest BCUT2D eigenvalue weighted by Crippen LogP contribution is -2.04. The van der Waals surface area contributed by atoms with Gasteiger partial charge in [0.25, 0.3) is 0 Å². The third-order valence-electron chi connectivity index (χ3n) is 4.38. The quantitative estimate of drug-likeness (QED) is 0.276. The average Bonchev–Trinajstić information content (AvgIpc) is 3.11. The molecule has 5 nitrogen and oxygen atoms in total. The van der Waals surface area contributed by atoms with Crippen LogP contribution >= 0.6 is 11.6 Å². The van der Waals surface area contributed by atoms with Gasteiger partial charge < -0.3 is 9.15 Å². The second-order valence-corrected chi connectivity index (χ2v) is 7.41. The lowest BCUT2D eigenvalue weighted by molar-refractivity contribution is -0.131. The minimum absolute atomic E-state index is 0.0172. The van der Waals surface area contributed by atoms with E-state index in [0.29, 0.717) is 35.1 Å². The number of carbonyl (C=O) groups is 2. The first-order valence-electron chi connectivity index (χ1n) is 9.41. The third kappa shape index (κ3) is 5.12. The van der Waals surface area contributed by atoms with E-state index in [-0.39, 0.29) is 11.7 Å². The van der Waals surface area contributed by atoms with E-state index in [1.807, 2.05) is 32.0 Å². The summed E-state index contributed by atoms with van der Waals surface area (Å²) in [6, 6.07) is 13.9. The van der Waals surface area contributed by atoms with Crippen molar-refractivity contribution in [1.29, 1.82) is 0 Å². The first kappa shape index (κ1) is 20.8. The standard InChI is InChI=1S/C23H22ClNO4/c1-14(2)22-20(25-23(29-22)18-6-4-5-7-19(18)24)12-13-21(27)16-8-10-17(11-9-16)28-15(3)26/h4-11,14H,12-13H2,1-3H3. The Balaban J connectivity index is 1.75. The summed E-state index contributed by atoms with van der Waals surface area (Å²) in [5.74, 6) is 1.36. The monoisotopic (exact) mass is 411 g/mol. The van der Waals surface area contributed by atoms with Gasteiger partial charge in [0.1, 0.15) is 11.5 Å². The van der Waals surface area contributed by atoms with Gasteiger partial charge in [0.2, 0.25) is 5.89 Å². The molecule has 0 unspecified atom stereocenters. The molecule has 150 valence electrons. The number of benzene rings is 2. The molecule has 3 rings (SSSR count). The summed E-state index contributed by atoms with van der Waals surface area (Å²) in [4.78, 5) is 28.2. The fraction of sp³-hybridized carbons (Fsp3) is 0.261. The molecule has 0 aliphatic carbocycles. The molecule has 1 heterocycles. The summed E-state index contributed by atoms with van der Waals surface area (Å²) in [6.45, 7) is 5.38. The second-order valence-electron chi connectivity index (χ2n) is 7.01. The minimum Gasteiger partial charge on any atom is -0.441 e. The first-order valence-corrected chi connectivity index (χ1v) is 9.79. The highest BCUT2D eigenvalue weighted by Gasteiger charge is 2.19. The third-order valence-corrected chi connectivity index (χ3v) is 4.71. The van der Waals surface area contributed by atoms with Gasteiger partial charge in [0.05, 0.1) is 16.3 Å². The number of hydrogen-bond donors (Lipinski definition) is 0. The summed E-state index contributed by atoms with van der Waals surface area (Å²) < 4.78 is 11.0. The van der Waals surface area contributed by atoms with E-state index in [0.717, 1.165) is 17.0 Å². The van der Waals surface area contributed by atoms with Crippen LogP contribution in [-0.2, 0) is 11.2 Å². The smallest absolute Gasteiger partial charge is 0.308 e. The van der Waals surface area contributed by atoms with Gasteiger partial charge in [-0.2, -0.15) is 0 Å². The van der Waals surface area contributed by atoms with Gasteiger partial charge in [-0.3, -0.25) is 9.59 Å². The molecule has 0 radical (unpaired) electrons. The normalized spacial score (nSPS) is 10.9. The first-order chi connectivity index (χ1) is 13.8. The summed E-state index contributed by atoms with van der Waals surface area (Å²) >= 11 is 6.27. The van der Waals surface area contributed by atoms with Crippen molar-refractivity contribution in [2.24, 2.45) is 0 Å². The van der Waals surface area contributed by atoms with Crippen LogP contribution in [0.5, 0.6) is 5.75 Å². The molecule has 0 atom stereocenters. The van der Waals surface area contributed by atoms with E-state index in [9.17, 15) is 9.59 Å². The van der Waals surface area contributed by atoms with Crippen LogP contribution in [0.25, 0.3) is 11.5 Å². The molecule has 1 aromatic heterocycles. The Kier molecular flexibility index (Phi) is 6.49. The number of ether oxygens (including phenoxy) is 1. The lowest BCUT2D eigenvalue weighted by Gasteiger charge is -2.05. The molecule has 0 aliphatic rings. The van der Waals surface area contributed by atoms with Gasteiger partial charge in [-0.05, 0) is 36.4 Å². The maximum atomic E-state index is 12.6. The Morgan fingerprint density at radius 1 is 1.10 bits per heavy atom. The maximum absolute atomic E-state index is 12.6. The number of hydrogen-bond acceptors (Lipinski definition) is 5. The molecule has 0 saturated carbocycles. The number of oxazole rings is 1. The maximum Gasteiger partial charge on any atom is 0.308 e. The lowest BCUT2D eigenvalue weighted by atomic mass is 10.0. The molecule has 2 aromatic carbocycles. The summed E-state index contributed by atoms with van der Waals surface area (Å²) in [5.41, 5.74) is 2.05. The van der Waals surface area contributed by atoms with Crippen LogP contribution in [0.2, 0.25) is 5.02 Å². The minimum atomic E-state index is -0.398. The van der Waals surface area contributed by atoms with Crippen LogP contribution in [-0.4, -0.2) is 16.7 Å². The Bertz CT molecular complexity index is 1020. The fourth-order valence-electron chi connectivity index (χ4n) is 2.99. The van der Waals surface area contributed by atoms with Crippen LogP contribution in [0.15, 0.2) is 52.9 Å². The highest BCUT2D eigenvalue weighted by Crippen LogP contribution is 2.32. The molecule has 29 heavy (non-hydrogen) atoms. The van der Waals surface area contributed by atoms with Crippen molar-refractivity contribution in [3.8, 4) is 17.2 Å². The SMILES string of the molecule is CC(=O)Oc1ccc(C(=O)CCc2nc(-c3ccccc3Cl)oc2C(C)C)cc1. The van der Waals surface area contributed by atoms with Crippen molar-refractivity contribution >= 4 is 23.4 Å². The van der Waals surface area contributed by atoms with Gasteiger partial charge in [0.15, 0.2) is 5.78 Å². The molecule has 0 saturated heterocycles. The Morgan fingerprint density at radius 3 is 2.41 bits per heavy atom. The molecular weight excluding hydrogens is 390 g/mol. The zero-order valence-electron chi connectivity index (χ0n) is 16.6. The Labute approximate surface area is 174 Å². The van der Waals surface area contributed by atoms with E-state index in [4.69, 9.17) is 20.8 Å². The van der Waals surface area contributed by atoms with Crippen molar-refractivity contribution in [3.63, 3.8) is 0 Å². The van der Waals surface area contributed by atoms with Crippen molar-refractivity contribution < 1.29 is 18.7 Å².